The third-order valence-corrected chi connectivity index (χ3v) is 5.88. The molecule has 0 saturated carbocycles. The number of carbonyl (C=O) groups is 2. The second-order valence-electron chi connectivity index (χ2n) is 7.08. The lowest BCUT2D eigenvalue weighted by Crippen LogP contribution is -2.49. The van der Waals surface area contributed by atoms with Crippen LogP contribution in [-0.2, 0) is 9.59 Å². The summed E-state index contributed by atoms with van der Waals surface area (Å²) in [4.78, 5) is 25.2. The number of amides is 2. The van der Waals surface area contributed by atoms with Gasteiger partial charge in [0.2, 0.25) is 11.0 Å². The van der Waals surface area contributed by atoms with Crippen LogP contribution in [-0.4, -0.2) is 34.7 Å². The molecular weight excluding hydrogens is 455 g/mol. The average molecular weight is 477 g/mol. The summed E-state index contributed by atoms with van der Waals surface area (Å²) in [5.74, 6) is -0.806. The lowest BCUT2D eigenvalue weighted by molar-refractivity contribution is -0.128. The Morgan fingerprint density at radius 1 is 1.12 bits per heavy atom. The number of hydrogen-bond acceptors (Lipinski definition) is 6. The van der Waals surface area contributed by atoms with Gasteiger partial charge in [-0.25, -0.2) is 4.39 Å². The molecule has 7 nitrogen and oxygen atoms in total. The molecule has 168 valence electrons. The summed E-state index contributed by atoms with van der Waals surface area (Å²) in [5, 5.41) is 14.8. The number of rotatable bonds is 9. The van der Waals surface area contributed by atoms with E-state index in [9.17, 15) is 14.0 Å². The number of hydrogen-bond donors (Lipinski definition) is 2. The van der Waals surface area contributed by atoms with Crippen LogP contribution in [0.1, 0.15) is 20.3 Å². The van der Waals surface area contributed by atoms with Gasteiger partial charge in [0.25, 0.3) is 5.91 Å². The third-order valence-electron chi connectivity index (χ3n) is 4.74. The summed E-state index contributed by atoms with van der Waals surface area (Å²) in [6.07, 6.45) is 0.674. The molecule has 0 radical (unpaired) electrons. The predicted octanol–water partition coefficient (Wildman–Crippen LogP) is 4.55. The minimum atomic E-state index is -0.778. The molecule has 0 aliphatic heterocycles. The van der Waals surface area contributed by atoms with Gasteiger partial charge in [0.05, 0.1) is 0 Å². The second kappa shape index (κ2) is 11.0. The van der Waals surface area contributed by atoms with Crippen LogP contribution in [0.4, 0.5) is 9.52 Å². The summed E-state index contributed by atoms with van der Waals surface area (Å²) in [6, 6.07) is 11.7. The van der Waals surface area contributed by atoms with Gasteiger partial charge in [-0.1, -0.05) is 43.2 Å². The summed E-state index contributed by atoms with van der Waals surface area (Å²) >= 11 is 6.99. The average Bonchev–Trinajstić information content (AvgIpc) is 3.25. The molecule has 2 aromatic carbocycles. The molecule has 0 saturated heterocycles. The molecule has 32 heavy (non-hydrogen) atoms. The Morgan fingerprint density at radius 3 is 2.47 bits per heavy atom. The highest BCUT2D eigenvalue weighted by Gasteiger charge is 2.27. The van der Waals surface area contributed by atoms with Crippen LogP contribution >= 0.6 is 22.9 Å². The van der Waals surface area contributed by atoms with Crippen molar-refractivity contribution < 1.29 is 18.7 Å². The van der Waals surface area contributed by atoms with E-state index in [1.54, 1.807) is 36.4 Å². The Kier molecular flexibility index (Phi) is 8.13. The van der Waals surface area contributed by atoms with Crippen molar-refractivity contribution in [3.63, 3.8) is 0 Å². The Hall–Kier alpha value is -3.04. The fraction of sp³-hybridized carbons (Fsp3) is 0.273. The lowest BCUT2D eigenvalue weighted by atomic mass is 9.98. The first-order valence-corrected chi connectivity index (χ1v) is 11.1. The lowest BCUT2D eigenvalue weighted by Gasteiger charge is -2.23. The molecule has 0 fully saturated rings. The van der Waals surface area contributed by atoms with Crippen molar-refractivity contribution in [3.8, 4) is 16.3 Å². The van der Waals surface area contributed by atoms with Crippen LogP contribution in [0.3, 0.4) is 0 Å². The van der Waals surface area contributed by atoms with E-state index in [-0.39, 0.29) is 23.5 Å². The van der Waals surface area contributed by atoms with Crippen molar-refractivity contribution in [1.82, 2.24) is 15.5 Å². The molecule has 2 atom stereocenters. The first kappa shape index (κ1) is 23.6. The van der Waals surface area contributed by atoms with Crippen LogP contribution < -0.4 is 15.4 Å². The molecule has 0 spiro atoms. The van der Waals surface area contributed by atoms with Crippen molar-refractivity contribution in [3.05, 3.63) is 59.4 Å². The third kappa shape index (κ3) is 6.48. The van der Waals surface area contributed by atoms with Crippen molar-refractivity contribution in [2.45, 2.75) is 26.3 Å². The first-order valence-electron chi connectivity index (χ1n) is 9.93. The maximum atomic E-state index is 13.1. The highest BCUT2D eigenvalue weighted by molar-refractivity contribution is 7.18. The monoisotopic (exact) mass is 476 g/mol. The zero-order chi connectivity index (χ0) is 23.1. The van der Waals surface area contributed by atoms with E-state index in [0.29, 0.717) is 27.8 Å². The topological polar surface area (TPSA) is 93.2 Å². The van der Waals surface area contributed by atoms with E-state index in [1.807, 2.05) is 13.8 Å². The Bertz CT molecular complexity index is 1060. The maximum absolute atomic E-state index is 13.1. The van der Waals surface area contributed by atoms with Gasteiger partial charge in [-0.15, -0.1) is 10.2 Å². The molecule has 0 aliphatic carbocycles. The van der Waals surface area contributed by atoms with Crippen molar-refractivity contribution in [1.29, 1.82) is 0 Å². The van der Waals surface area contributed by atoms with E-state index in [4.69, 9.17) is 16.3 Å². The van der Waals surface area contributed by atoms with Crippen LogP contribution in [0.15, 0.2) is 48.5 Å². The molecular formula is C22H22ClFN4O3S. The second-order valence-corrected chi connectivity index (χ2v) is 8.50. The summed E-state index contributed by atoms with van der Waals surface area (Å²) < 4.78 is 18.6. The number of aromatic nitrogens is 2. The minimum Gasteiger partial charge on any atom is -0.484 e. The van der Waals surface area contributed by atoms with Gasteiger partial charge in [-0.2, -0.15) is 0 Å². The predicted molar refractivity (Wildman–Crippen MR) is 122 cm³/mol. The summed E-state index contributed by atoms with van der Waals surface area (Å²) in [6.45, 7) is 3.56. The summed E-state index contributed by atoms with van der Waals surface area (Å²) in [5.41, 5.74) is 0.690. The van der Waals surface area contributed by atoms with Crippen molar-refractivity contribution in [2.75, 3.05) is 11.9 Å². The zero-order valence-corrected chi connectivity index (χ0v) is 19.0. The molecule has 2 N–H and O–H groups in total. The number of halogens is 2. The van der Waals surface area contributed by atoms with Gasteiger partial charge in [0.15, 0.2) is 6.61 Å². The smallest absolute Gasteiger partial charge is 0.258 e. The van der Waals surface area contributed by atoms with Gasteiger partial charge >= 0.3 is 0 Å². The Balaban J connectivity index is 1.61. The molecule has 1 aromatic heterocycles. The van der Waals surface area contributed by atoms with Gasteiger partial charge in [-0.05, 0) is 54.4 Å². The van der Waals surface area contributed by atoms with Gasteiger partial charge in [0.1, 0.15) is 22.6 Å². The molecule has 2 unspecified atom stereocenters. The maximum Gasteiger partial charge on any atom is 0.258 e. The number of carbonyl (C=O) groups excluding carboxylic acids is 2. The Labute approximate surface area is 194 Å². The SMILES string of the molecule is CCC(C)C(NC(=O)COc1ccc(Cl)cc1)C(=O)Nc1nnc(-c2ccc(F)cc2)s1. The molecule has 1 heterocycles. The van der Waals surface area contributed by atoms with Gasteiger partial charge in [-0.3, -0.25) is 14.9 Å². The first-order chi connectivity index (χ1) is 15.4. The van der Waals surface area contributed by atoms with E-state index in [1.165, 1.54) is 12.1 Å². The van der Waals surface area contributed by atoms with E-state index < -0.39 is 17.9 Å². The fourth-order valence-electron chi connectivity index (χ4n) is 2.76. The molecule has 10 heteroatoms. The standard InChI is InChI=1S/C22H22ClFN4O3S/c1-3-13(2)19(25-18(29)12-31-17-10-6-15(23)7-11-17)20(30)26-22-28-27-21(32-22)14-4-8-16(24)9-5-14/h4-11,13,19H,3,12H2,1-2H3,(H,25,29)(H,26,28,30). The summed E-state index contributed by atoms with van der Waals surface area (Å²) in [7, 11) is 0. The van der Waals surface area contributed by atoms with E-state index in [2.05, 4.69) is 20.8 Å². The van der Waals surface area contributed by atoms with Crippen molar-refractivity contribution >= 4 is 39.9 Å². The molecule has 3 rings (SSSR count). The van der Waals surface area contributed by atoms with Crippen LogP contribution in [0.2, 0.25) is 5.02 Å². The Morgan fingerprint density at radius 2 is 1.81 bits per heavy atom. The number of anilines is 1. The molecule has 2 amide bonds. The number of nitrogens with zero attached hydrogens (tertiary/aromatic N) is 2. The number of ether oxygens (including phenoxy) is 1. The molecule has 0 aliphatic rings. The highest BCUT2D eigenvalue weighted by Crippen LogP contribution is 2.26. The number of benzene rings is 2. The van der Waals surface area contributed by atoms with Crippen LogP contribution in [0, 0.1) is 11.7 Å². The quantitative estimate of drug-likeness (QED) is 0.472. The zero-order valence-electron chi connectivity index (χ0n) is 17.5. The number of nitrogens with one attached hydrogen (secondary N) is 2. The van der Waals surface area contributed by atoms with E-state index in [0.717, 1.165) is 11.3 Å². The fourth-order valence-corrected chi connectivity index (χ4v) is 3.64. The molecule has 0 bridgehead atoms. The normalized spacial score (nSPS) is 12.6. The largest absolute Gasteiger partial charge is 0.484 e. The van der Waals surface area contributed by atoms with Gasteiger partial charge < -0.3 is 10.1 Å². The van der Waals surface area contributed by atoms with Crippen molar-refractivity contribution in [2.24, 2.45) is 5.92 Å². The van der Waals surface area contributed by atoms with Crippen LogP contribution in [0.5, 0.6) is 5.75 Å². The van der Waals surface area contributed by atoms with E-state index >= 15 is 0 Å². The van der Waals surface area contributed by atoms with Crippen LogP contribution in [0.25, 0.3) is 10.6 Å². The van der Waals surface area contributed by atoms with Gasteiger partial charge in [0, 0.05) is 10.6 Å². The minimum absolute atomic E-state index is 0.126. The highest BCUT2D eigenvalue weighted by atomic mass is 35.5. The molecule has 3 aromatic rings.